The van der Waals surface area contributed by atoms with Crippen LogP contribution in [0.15, 0.2) is 73.1 Å². The third kappa shape index (κ3) is 8.05. The summed E-state index contributed by atoms with van der Waals surface area (Å²) in [5.74, 6) is -1.20. The van der Waals surface area contributed by atoms with Crippen molar-refractivity contribution >= 4 is 69.1 Å². The molecule has 0 atom stereocenters. The van der Waals surface area contributed by atoms with Gasteiger partial charge in [-0.05, 0) is 90.9 Å². The van der Waals surface area contributed by atoms with Crippen LogP contribution in [0.4, 0.5) is 20.6 Å². The molecule has 6 heterocycles. The number of anilines is 2. The van der Waals surface area contributed by atoms with Crippen LogP contribution in [-0.4, -0.2) is 119 Å². The van der Waals surface area contributed by atoms with E-state index in [9.17, 15) is 24.0 Å². The van der Waals surface area contributed by atoms with Gasteiger partial charge < -0.3 is 24.6 Å². The molecule has 2 N–H and O–H groups in total. The third-order valence-corrected chi connectivity index (χ3v) is 13.5. The number of carbonyl (C=O) groups excluding carboxylic acids is 5. The summed E-state index contributed by atoms with van der Waals surface area (Å²) < 4.78 is 18.3. The Hall–Kier alpha value is -6.48. The van der Waals surface area contributed by atoms with Gasteiger partial charge in [0.25, 0.3) is 11.8 Å². The molecule has 0 saturated carbocycles. The molecule has 2 aromatic heterocycles. The zero-order valence-corrected chi connectivity index (χ0v) is 36.3. The summed E-state index contributed by atoms with van der Waals surface area (Å²) >= 11 is 6.60. The number of fused-ring (bicyclic) bond motifs is 1. The first-order valence-corrected chi connectivity index (χ1v) is 21.7. The highest BCUT2D eigenvalue weighted by atomic mass is 35.5. The summed E-state index contributed by atoms with van der Waals surface area (Å²) in [4.78, 5) is 76.4. The summed E-state index contributed by atoms with van der Waals surface area (Å²) in [5, 5.41) is 7.50. The summed E-state index contributed by atoms with van der Waals surface area (Å²) in [5.41, 5.74) is 5.98. The molecule has 4 aliphatic rings. The number of urea groups is 1. The quantitative estimate of drug-likeness (QED) is 0.167. The monoisotopic (exact) mass is 873 g/mol. The number of carbonyl (C=O) groups is 5. The fraction of sp³-hybridized carbons (Fsp3) is 0.362. The van der Waals surface area contributed by atoms with Crippen LogP contribution in [0.2, 0.25) is 5.02 Å². The Kier molecular flexibility index (Phi) is 11.1. The van der Waals surface area contributed by atoms with Crippen LogP contribution in [-0.2, 0) is 16.1 Å². The molecule has 3 fully saturated rings. The highest BCUT2D eigenvalue weighted by Gasteiger charge is 2.45. The second-order valence-corrected chi connectivity index (χ2v) is 17.8. The molecule has 0 unspecified atom stereocenters. The summed E-state index contributed by atoms with van der Waals surface area (Å²) in [6.45, 7) is 6.19. The van der Waals surface area contributed by atoms with Gasteiger partial charge >= 0.3 is 6.03 Å². The number of piperidine rings is 1. The van der Waals surface area contributed by atoms with Crippen molar-refractivity contribution in [2.75, 3.05) is 69.7 Å². The van der Waals surface area contributed by atoms with E-state index in [0.29, 0.717) is 65.4 Å². The number of aryl methyl sites for hydroxylation is 2. The Morgan fingerprint density at radius 1 is 0.952 bits per heavy atom. The van der Waals surface area contributed by atoms with Crippen molar-refractivity contribution in [1.82, 2.24) is 34.8 Å². The number of aromatic nitrogens is 3. The third-order valence-electron chi connectivity index (χ3n) is 13.0. The predicted octanol–water partition coefficient (Wildman–Crippen LogP) is 6.73. The van der Waals surface area contributed by atoms with E-state index < -0.39 is 11.8 Å². The van der Waals surface area contributed by atoms with Crippen LogP contribution in [0.1, 0.15) is 64.1 Å². The lowest BCUT2D eigenvalue weighted by Gasteiger charge is -2.55. The maximum atomic E-state index is 16.6. The van der Waals surface area contributed by atoms with Gasteiger partial charge in [-0.15, -0.1) is 0 Å². The van der Waals surface area contributed by atoms with Crippen LogP contribution >= 0.6 is 11.6 Å². The van der Waals surface area contributed by atoms with Crippen molar-refractivity contribution in [1.29, 1.82) is 0 Å². The summed E-state index contributed by atoms with van der Waals surface area (Å²) in [6, 6.07) is 16.5. The van der Waals surface area contributed by atoms with Gasteiger partial charge in [-0.1, -0.05) is 29.8 Å². The van der Waals surface area contributed by atoms with Crippen molar-refractivity contribution in [3.05, 3.63) is 106 Å². The summed E-state index contributed by atoms with van der Waals surface area (Å²) in [6.07, 6.45) is 8.24. The second kappa shape index (κ2) is 16.7. The highest BCUT2D eigenvalue weighted by Crippen LogP contribution is 2.44. The van der Waals surface area contributed by atoms with Gasteiger partial charge in [0.1, 0.15) is 5.69 Å². The zero-order chi connectivity index (χ0) is 44.2. The standard InChI is InChI=1S/C47H49ClFN9O5/c1-29-22-32(23-38(41(29)48)58-19-11-39(59)52-46(58)63)44(61)54-20-13-47(14-21-54)27-56(28-47)33-9-7-30(8-10-33)34-24-35(42(49)43-36(34)25-37(51-43)45(62)53(2)3)31-6-4-16-55(26-31)40(60)12-18-57-17-5-15-50-57/h5-10,15,17,22-25,51H,4,11-14,16,18-21,26-28H2,1-3H3,(H,52,59,63). The molecule has 0 radical (unpaired) electrons. The van der Waals surface area contributed by atoms with Gasteiger partial charge in [-0.3, -0.25) is 34.1 Å². The van der Waals surface area contributed by atoms with E-state index in [1.807, 2.05) is 41.4 Å². The van der Waals surface area contributed by atoms with Crippen molar-refractivity contribution in [2.24, 2.45) is 5.41 Å². The zero-order valence-electron chi connectivity index (χ0n) is 35.5. The van der Waals surface area contributed by atoms with Crippen molar-refractivity contribution in [3.63, 3.8) is 0 Å². The van der Waals surface area contributed by atoms with Gasteiger partial charge in [0.05, 0.1) is 16.2 Å². The molecular formula is C47H49ClFN9O5. The lowest BCUT2D eigenvalue weighted by atomic mass is 9.71. The van der Waals surface area contributed by atoms with Crippen molar-refractivity contribution in [3.8, 4) is 11.1 Å². The number of rotatable bonds is 9. The number of aromatic amines is 1. The first kappa shape index (κ1) is 41.9. The second-order valence-electron chi connectivity index (χ2n) is 17.4. The minimum Gasteiger partial charge on any atom is -0.370 e. The molecule has 0 bridgehead atoms. The summed E-state index contributed by atoms with van der Waals surface area (Å²) in [7, 11) is 3.32. The lowest BCUT2D eigenvalue weighted by molar-refractivity contribution is -0.131. The molecule has 0 aliphatic carbocycles. The largest absolute Gasteiger partial charge is 0.370 e. The van der Waals surface area contributed by atoms with E-state index in [0.717, 1.165) is 48.3 Å². The number of amides is 6. The molecule has 5 aromatic rings. The van der Waals surface area contributed by atoms with Crippen molar-refractivity contribution in [2.45, 2.75) is 45.6 Å². The number of benzene rings is 3. The molecule has 326 valence electrons. The van der Waals surface area contributed by atoms with Gasteiger partial charge in [-0.25, -0.2) is 9.18 Å². The first-order valence-electron chi connectivity index (χ1n) is 21.4. The van der Waals surface area contributed by atoms with E-state index in [4.69, 9.17) is 11.6 Å². The molecule has 4 aliphatic heterocycles. The lowest BCUT2D eigenvalue weighted by Crippen LogP contribution is -2.61. The maximum absolute atomic E-state index is 16.6. The SMILES string of the molecule is Cc1cc(C(=O)N2CCC3(CC2)CN(c2ccc(-c4cc(C5=CCCN(C(=O)CCn6cccn6)C5)c(F)c5[nH]c(C(=O)N(C)C)cc45)cc2)C3)cc(N2CCC(=O)NC2=O)c1Cl. The van der Waals surface area contributed by atoms with E-state index >= 15 is 4.39 Å². The smallest absolute Gasteiger partial charge is 0.328 e. The van der Waals surface area contributed by atoms with Crippen LogP contribution < -0.4 is 15.1 Å². The number of halogens is 2. The molecule has 3 saturated heterocycles. The van der Waals surface area contributed by atoms with E-state index in [1.54, 1.807) is 55.0 Å². The molecule has 6 amide bonds. The Morgan fingerprint density at radius 2 is 1.71 bits per heavy atom. The Bertz CT molecular complexity index is 2680. The number of H-pyrrole nitrogens is 1. The normalized spacial score (nSPS) is 17.5. The molecule has 1 spiro atoms. The number of likely N-dealkylation sites (tertiary alicyclic amines) is 1. The number of hydrogen-bond donors (Lipinski definition) is 2. The highest BCUT2D eigenvalue weighted by molar-refractivity contribution is 6.35. The van der Waals surface area contributed by atoms with Crippen LogP contribution in [0.3, 0.4) is 0 Å². The molecule has 3 aromatic carbocycles. The Labute approximate surface area is 369 Å². The molecule has 9 rings (SSSR count). The molecular weight excluding hydrogens is 825 g/mol. The molecule has 63 heavy (non-hydrogen) atoms. The Balaban J connectivity index is 0.892. The Morgan fingerprint density at radius 3 is 2.41 bits per heavy atom. The minimum absolute atomic E-state index is 0.0207. The average molecular weight is 874 g/mol. The number of nitrogens with zero attached hydrogens (tertiary/aromatic N) is 7. The van der Waals surface area contributed by atoms with Gasteiger partial charge in [0.2, 0.25) is 11.8 Å². The topological polar surface area (TPSA) is 147 Å². The van der Waals surface area contributed by atoms with E-state index in [2.05, 4.69) is 32.4 Å². The maximum Gasteiger partial charge on any atom is 0.328 e. The fourth-order valence-electron chi connectivity index (χ4n) is 9.39. The minimum atomic E-state index is -0.552. The molecule has 16 heteroatoms. The average Bonchev–Trinajstić information content (AvgIpc) is 3.97. The number of nitrogens with one attached hydrogen (secondary N) is 2. The van der Waals surface area contributed by atoms with Gasteiger partial charge in [-0.2, -0.15) is 5.10 Å². The van der Waals surface area contributed by atoms with Crippen molar-refractivity contribution < 1.29 is 28.4 Å². The van der Waals surface area contributed by atoms with Crippen LogP contribution in [0.5, 0.6) is 0 Å². The van der Waals surface area contributed by atoms with E-state index in [1.165, 1.54) is 9.80 Å². The number of hydrogen-bond acceptors (Lipinski definition) is 7. The first-order chi connectivity index (χ1) is 30.3. The number of imide groups is 1. The molecule has 14 nitrogen and oxygen atoms in total. The van der Waals surface area contributed by atoms with Gasteiger partial charge in [0, 0.05) is 119 Å². The van der Waals surface area contributed by atoms with E-state index in [-0.39, 0.29) is 66.2 Å². The van der Waals surface area contributed by atoms with Gasteiger partial charge in [0.15, 0.2) is 5.82 Å². The van der Waals surface area contributed by atoms with Crippen LogP contribution in [0, 0.1) is 18.2 Å². The predicted molar refractivity (Wildman–Crippen MR) is 239 cm³/mol. The van der Waals surface area contributed by atoms with Crippen LogP contribution in [0.25, 0.3) is 27.6 Å². The fourth-order valence-corrected chi connectivity index (χ4v) is 9.60.